The van der Waals surface area contributed by atoms with Gasteiger partial charge in [-0.05, 0) is 30.9 Å². The molecule has 2 aromatic rings. The van der Waals surface area contributed by atoms with Crippen molar-refractivity contribution < 1.29 is 24.2 Å². The maximum atomic E-state index is 13.5. The lowest BCUT2D eigenvalue weighted by Crippen LogP contribution is -2.54. The minimum atomic E-state index is -1.07. The first kappa shape index (κ1) is 24.8. The molecule has 2 unspecified atom stereocenters. The number of esters is 1. The van der Waals surface area contributed by atoms with E-state index in [0.29, 0.717) is 24.3 Å². The molecule has 1 amide bonds. The number of benzene rings is 2. The molecule has 2 aromatic carbocycles. The molecule has 1 aliphatic rings. The van der Waals surface area contributed by atoms with Gasteiger partial charge >= 0.3 is 11.9 Å². The van der Waals surface area contributed by atoms with Crippen molar-refractivity contribution in [3.8, 4) is 0 Å². The molecular formula is C25H30N2O5S. The highest BCUT2D eigenvalue weighted by molar-refractivity contribution is 7.99. The fraction of sp³-hybridized carbons (Fsp3) is 0.400. The van der Waals surface area contributed by atoms with E-state index in [1.54, 1.807) is 18.7 Å². The molecule has 0 aliphatic carbocycles. The lowest BCUT2D eigenvalue weighted by Gasteiger charge is -2.31. The highest BCUT2D eigenvalue weighted by atomic mass is 32.2. The number of ether oxygens (including phenoxy) is 1. The molecule has 0 bridgehead atoms. The molecule has 33 heavy (non-hydrogen) atoms. The van der Waals surface area contributed by atoms with Crippen molar-refractivity contribution in [2.45, 2.75) is 37.9 Å². The van der Waals surface area contributed by atoms with Crippen LogP contribution in [0.1, 0.15) is 30.5 Å². The number of nitrogens with zero attached hydrogens (tertiary/aromatic N) is 1. The summed E-state index contributed by atoms with van der Waals surface area (Å²) in [4.78, 5) is 39.2. The van der Waals surface area contributed by atoms with Crippen LogP contribution in [-0.4, -0.2) is 64.6 Å². The second kappa shape index (κ2) is 12.4. The van der Waals surface area contributed by atoms with E-state index in [9.17, 15) is 19.5 Å². The van der Waals surface area contributed by atoms with Crippen molar-refractivity contribution in [3.63, 3.8) is 0 Å². The Bertz CT molecular complexity index is 925. The van der Waals surface area contributed by atoms with E-state index in [4.69, 9.17) is 4.74 Å². The number of carbonyl (C=O) groups excluding carboxylic acids is 2. The molecule has 0 saturated carbocycles. The van der Waals surface area contributed by atoms with E-state index in [2.05, 4.69) is 5.32 Å². The molecule has 3 rings (SSSR count). The van der Waals surface area contributed by atoms with Crippen molar-refractivity contribution in [2.75, 3.05) is 24.7 Å². The van der Waals surface area contributed by atoms with E-state index >= 15 is 0 Å². The number of hydrogen-bond donors (Lipinski definition) is 2. The van der Waals surface area contributed by atoms with Gasteiger partial charge in [-0.2, -0.15) is 11.8 Å². The smallest absolute Gasteiger partial charge is 0.323 e. The second-order valence-electron chi connectivity index (χ2n) is 7.87. The molecule has 0 spiro atoms. The number of carbonyl (C=O) groups is 3. The maximum absolute atomic E-state index is 13.5. The van der Waals surface area contributed by atoms with E-state index < -0.39 is 30.6 Å². The van der Waals surface area contributed by atoms with Gasteiger partial charge in [0.05, 0.1) is 18.7 Å². The molecule has 1 heterocycles. The van der Waals surface area contributed by atoms with Gasteiger partial charge < -0.3 is 14.7 Å². The summed E-state index contributed by atoms with van der Waals surface area (Å²) in [6, 6.07) is 17.6. The summed E-state index contributed by atoms with van der Waals surface area (Å²) in [6.07, 6.45) is 1.12. The SMILES string of the molecule is CCOC(=O)[C@@H](CCc1ccccc1)NC1CSCC(c2ccccc2)N(CC(=O)O)C1=O. The lowest BCUT2D eigenvalue weighted by molar-refractivity contribution is -0.149. The Morgan fingerprint density at radius 3 is 2.42 bits per heavy atom. The third-order valence-electron chi connectivity index (χ3n) is 5.55. The van der Waals surface area contributed by atoms with Gasteiger partial charge in [0.15, 0.2) is 0 Å². The third-order valence-corrected chi connectivity index (χ3v) is 6.67. The molecule has 3 atom stereocenters. The summed E-state index contributed by atoms with van der Waals surface area (Å²) in [5.41, 5.74) is 1.98. The summed E-state index contributed by atoms with van der Waals surface area (Å²) in [5.74, 6) is -0.763. The van der Waals surface area contributed by atoms with E-state index in [0.717, 1.165) is 11.1 Å². The zero-order chi connectivity index (χ0) is 23.6. The largest absolute Gasteiger partial charge is 0.480 e. The highest BCUT2D eigenvalue weighted by Gasteiger charge is 2.37. The number of carboxylic acids is 1. The number of aryl methyl sites for hydroxylation is 1. The summed E-state index contributed by atoms with van der Waals surface area (Å²) < 4.78 is 5.26. The van der Waals surface area contributed by atoms with Crippen LogP contribution in [0.5, 0.6) is 0 Å². The fourth-order valence-electron chi connectivity index (χ4n) is 3.93. The Hall–Kier alpha value is -2.84. The average Bonchev–Trinajstić information content (AvgIpc) is 2.96. The predicted octanol–water partition coefficient (Wildman–Crippen LogP) is 2.91. The standard InChI is InChI=1S/C25H30N2O5S/c1-2-32-25(31)20(14-13-18-9-5-3-6-10-18)26-21-16-33-17-22(19-11-7-4-8-12-19)27(24(21)30)15-23(28)29/h3-12,20-22,26H,2,13-17H2,1H3,(H,28,29)/t20-,21?,22?/m1/s1. The average molecular weight is 471 g/mol. The number of aliphatic carboxylic acids is 1. The van der Waals surface area contributed by atoms with Crippen LogP contribution >= 0.6 is 11.8 Å². The Morgan fingerprint density at radius 2 is 1.79 bits per heavy atom. The minimum Gasteiger partial charge on any atom is -0.480 e. The lowest BCUT2D eigenvalue weighted by atomic mass is 10.0. The minimum absolute atomic E-state index is 0.247. The van der Waals surface area contributed by atoms with Gasteiger partial charge in [0.25, 0.3) is 0 Å². The van der Waals surface area contributed by atoms with Gasteiger partial charge in [-0.1, -0.05) is 60.7 Å². The van der Waals surface area contributed by atoms with Crippen LogP contribution in [0.4, 0.5) is 0 Å². The first-order valence-electron chi connectivity index (χ1n) is 11.1. The van der Waals surface area contributed by atoms with Crippen molar-refractivity contribution in [1.82, 2.24) is 10.2 Å². The molecule has 0 radical (unpaired) electrons. The molecule has 1 aliphatic heterocycles. The summed E-state index contributed by atoms with van der Waals surface area (Å²) in [5, 5.41) is 12.7. The van der Waals surface area contributed by atoms with Crippen LogP contribution in [0.2, 0.25) is 0 Å². The Balaban J connectivity index is 1.79. The first-order valence-corrected chi connectivity index (χ1v) is 12.3. The molecule has 1 fully saturated rings. The summed E-state index contributed by atoms with van der Waals surface area (Å²) in [7, 11) is 0. The predicted molar refractivity (Wildman–Crippen MR) is 128 cm³/mol. The number of amides is 1. The number of rotatable bonds is 10. The van der Waals surface area contributed by atoms with E-state index in [1.807, 2.05) is 60.7 Å². The Kier molecular flexibility index (Phi) is 9.33. The van der Waals surface area contributed by atoms with Crippen molar-refractivity contribution in [3.05, 3.63) is 71.8 Å². The zero-order valence-corrected chi connectivity index (χ0v) is 19.5. The van der Waals surface area contributed by atoms with Crippen LogP contribution in [0.3, 0.4) is 0 Å². The molecule has 2 N–H and O–H groups in total. The second-order valence-corrected chi connectivity index (χ2v) is 8.95. The van der Waals surface area contributed by atoms with Crippen LogP contribution in [0, 0.1) is 0 Å². The van der Waals surface area contributed by atoms with Gasteiger partial charge in [0, 0.05) is 11.5 Å². The highest BCUT2D eigenvalue weighted by Crippen LogP contribution is 2.29. The van der Waals surface area contributed by atoms with Gasteiger partial charge in [0.1, 0.15) is 12.6 Å². The van der Waals surface area contributed by atoms with Gasteiger partial charge in [-0.3, -0.25) is 19.7 Å². The molecule has 1 saturated heterocycles. The quantitative estimate of drug-likeness (QED) is 0.516. The molecule has 0 aromatic heterocycles. The van der Waals surface area contributed by atoms with Gasteiger partial charge in [-0.25, -0.2) is 0 Å². The Labute approximate surface area is 198 Å². The third kappa shape index (κ3) is 7.07. The molecule has 176 valence electrons. The Morgan fingerprint density at radius 1 is 1.12 bits per heavy atom. The summed E-state index contributed by atoms with van der Waals surface area (Å²) >= 11 is 1.57. The van der Waals surface area contributed by atoms with E-state index in [1.165, 1.54) is 4.90 Å². The zero-order valence-electron chi connectivity index (χ0n) is 18.7. The number of hydrogen-bond acceptors (Lipinski definition) is 6. The van der Waals surface area contributed by atoms with Crippen molar-refractivity contribution >= 4 is 29.6 Å². The van der Waals surface area contributed by atoms with Crippen molar-refractivity contribution in [2.24, 2.45) is 0 Å². The number of carboxylic acid groups (broad SMARTS) is 1. The summed E-state index contributed by atoms with van der Waals surface area (Å²) in [6.45, 7) is 1.60. The normalized spacial score (nSPS) is 19.5. The fourth-order valence-corrected chi connectivity index (χ4v) is 5.13. The monoisotopic (exact) mass is 470 g/mol. The molecule has 7 nitrogen and oxygen atoms in total. The molecule has 8 heteroatoms. The first-order chi connectivity index (χ1) is 16.0. The van der Waals surface area contributed by atoms with Gasteiger partial charge in [-0.15, -0.1) is 0 Å². The van der Waals surface area contributed by atoms with Crippen molar-refractivity contribution in [1.29, 1.82) is 0 Å². The van der Waals surface area contributed by atoms with E-state index in [-0.39, 0.29) is 18.6 Å². The van der Waals surface area contributed by atoms with Crippen LogP contribution in [0.15, 0.2) is 60.7 Å². The number of nitrogens with one attached hydrogen (secondary N) is 1. The van der Waals surface area contributed by atoms with Crippen LogP contribution in [0.25, 0.3) is 0 Å². The van der Waals surface area contributed by atoms with Crippen LogP contribution < -0.4 is 5.32 Å². The molecular weight excluding hydrogens is 440 g/mol. The maximum Gasteiger partial charge on any atom is 0.323 e. The van der Waals surface area contributed by atoms with Crippen LogP contribution in [-0.2, 0) is 25.5 Å². The topological polar surface area (TPSA) is 95.9 Å². The number of thioether (sulfide) groups is 1. The van der Waals surface area contributed by atoms with Gasteiger partial charge in [0.2, 0.25) is 5.91 Å².